The molecule has 19 heavy (non-hydrogen) atoms. The maximum absolute atomic E-state index is 2.30. The second-order valence-electron chi connectivity index (χ2n) is 4.93. The molecule has 0 fully saturated rings. The minimum atomic E-state index is 0.917. The lowest BCUT2D eigenvalue weighted by Gasteiger charge is -2.22. The van der Waals surface area contributed by atoms with Gasteiger partial charge in [-0.25, -0.2) is 0 Å². The topological polar surface area (TPSA) is 3.24 Å². The monoisotopic (exact) mass is 251 g/mol. The van der Waals surface area contributed by atoms with Crippen molar-refractivity contribution in [2.75, 3.05) is 18.5 Å². The van der Waals surface area contributed by atoms with E-state index in [0.29, 0.717) is 0 Å². The summed E-state index contributed by atoms with van der Waals surface area (Å²) in [6.07, 6.45) is 4.38. The van der Waals surface area contributed by atoms with Crippen LogP contribution in [0.4, 0.5) is 5.69 Å². The van der Waals surface area contributed by atoms with Crippen LogP contribution in [0.2, 0.25) is 0 Å². The Hall–Kier alpha value is -2.02. The molecule has 1 nitrogen and oxygen atoms in total. The lowest BCUT2D eigenvalue weighted by atomic mass is 10.1. The van der Waals surface area contributed by atoms with E-state index in [1.165, 1.54) is 22.4 Å². The van der Waals surface area contributed by atoms with Gasteiger partial charge in [0.1, 0.15) is 0 Å². The van der Waals surface area contributed by atoms with E-state index >= 15 is 0 Å². The number of likely N-dealkylation sites (N-methyl/N-ethyl adjacent to an activating group) is 1. The zero-order valence-electron chi connectivity index (χ0n) is 11.9. The van der Waals surface area contributed by atoms with E-state index in [2.05, 4.69) is 80.4 Å². The van der Waals surface area contributed by atoms with Crippen LogP contribution in [0, 0.1) is 13.8 Å². The third-order valence-corrected chi connectivity index (χ3v) is 3.31. The summed E-state index contributed by atoms with van der Waals surface area (Å²) in [5.74, 6) is 0. The van der Waals surface area contributed by atoms with Crippen molar-refractivity contribution in [2.24, 2.45) is 0 Å². The zero-order chi connectivity index (χ0) is 13.7. The number of benzene rings is 2. The second-order valence-corrected chi connectivity index (χ2v) is 4.93. The normalized spacial score (nSPS) is 10.9. The summed E-state index contributed by atoms with van der Waals surface area (Å²) < 4.78 is 0. The van der Waals surface area contributed by atoms with Gasteiger partial charge in [-0.1, -0.05) is 60.7 Å². The van der Waals surface area contributed by atoms with Crippen molar-refractivity contribution in [1.29, 1.82) is 0 Å². The molecule has 2 aromatic carbocycles. The summed E-state index contributed by atoms with van der Waals surface area (Å²) in [7, 11) is 2.14. The van der Waals surface area contributed by atoms with Crippen LogP contribution in [0.15, 0.2) is 54.6 Å². The quantitative estimate of drug-likeness (QED) is 0.776. The molecule has 0 spiro atoms. The summed E-state index contributed by atoms with van der Waals surface area (Å²) in [5, 5.41) is 0. The Kier molecular flexibility index (Phi) is 4.40. The number of nitrogens with zero attached hydrogens (tertiary/aromatic N) is 1. The highest BCUT2D eigenvalue weighted by atomic mass is 15.1. The van der Waals surface area contributed by atoms with Gasteiger partial charge < -0.3 is 4.90 Å². The predicted octanol–water partition coefficient (Wildman–Crippen LogP) is 4.45. The Bertz CT molecular complexity index is 535. The van der Waals surface area contributed by atoms with E-state index < -0.39 is 0 Å². The molecule has 0 bridgehead atoms. The molecule has 0 aliphatic heterocycles. The molecule has 0 radical (unpaired) electrons. The highest BCUT2D eigenvalue weighted by Crippen LogP contribution is 2.23. The average Bonchev–Trinajstić information content (AvgIpc) is 2.40. The molecule has 0 N–H and O–H groups in total. The minimum Gasteiger partial charge on any atom is -0.370 e. The molecule has 1 heteroatoms. The molecular weight excluding hydrogens is 230 g/mol. The molecule has 0 saturated heterocycles. The molecule has 0 heterocycles. The van der Waals surface area contributed by atoms with E-state index in [-0.39, 0.29) is 0 Å². The number of hydrogen-bond donors (Lipinski definition) is 0. The van der Waals surface area contributed by atoms with Gasteiger partial charge in [-0.15, -0.1) is 0 Å². The summed E-state index contributed by atoms with van der Waals surface area (Å²) in [5.41, 5.74) is 5.24. The van der Waals surface area contributed by atoms with Crippen LogP contribution < -0.4 is 4.90 Å². The van der Waals surface area contributed by atoms with Gasteiger partial charge in [0, 0.05) is 19.3 Å². The second kappa shape index (κ2) is 6.24. The summed E-state index contributed by atoms with van der Waals surface area (Å²) in [4.78, 5) is 2.30. The molecule has 0 atom stereocenters. The minimum absolute atomic E-state index is 0.917. The summed E-state index contributed by atoms with van der Waals surface area (Å²) >= 11 is 0. The van der Waals surface area contributed by atoms with Gasteiger partial charge in [-0.2, -0.15) is 0 Å². The molecule has 0 saturated carbocycles. The first kappa shape index (κ1) is 13.4. The standard InChI is InChI=1S/C18H21N/c1-15-9-7-10-16(2)18(15)19(3)14-8-13-17-11-5-4-6-12-17/h4-13H,14H2,1-3H3/b13-8+. The summed E-state index contributed by atoms with van der Waals surface area (Å²) in [6, 6.07) is 16.9. The fraction of sp³-hybridized carbons (Fsp3) is 0.222. The van der Waals surface area contributed by atoms with Crippen molar-refractivity contribution in [3.8, 4) is 0 Å². The Morgan fingerprint density at radius 2 is 1.53 bits per heavy atom. The molecule has 0 aliphatic carbocycles. The van der Waals surface area contributed by atoms with E-state index in [9.17, 15) is 0 Å². The maximum atomic E-state index is 2.30. The third-order valence-electron chi connectivity index (χ3n) is 3.31. The molecule has 98 valence electrons. The van der Waals surface area contributed by atoms with Gasteiger partial charge in [0.25, 0.3) is 0 Å². The van der Waals surface area contributed by atoms with Crippen LogP contribution in [0.3, 0.4) is 0 Å². The predicted molar refractivity (Wildman–Crippen MR) is 84.7 cm³/mol. The first-order valence-electron chi connectivity index (χ1n) is 6.67. The molecule has 2 rings (SSSR count). The first-order chi connectivity index (χ1) is 9.18. The van der Waals surface area contributed by atoms with Crippen LogP contribution in [-0.4, -0.2) is 13.6 Å². The van der Waals surface area contributed by atoms with Crippen molar-refractivity contribution in [3.63, 3.8) is 0 Å². The van der Waals surface area contributed by atoms with Crippen molar-refractivity contribution in [2.45, 2.75) is 13.8 Å². The number of rotatable bonds is 4. The van der Waals surface area contributed by atoms with E-state index in [0.717, 1.165) is 6.54 Å². The van der Waals surface area contributed by atoms with Crippen LogP contribution in [0.25, 0.3) is 6.08 Å². The lowest BCUT2D eigenvalue weighted by molar-refractivity contribution is 1.01. The van der Waals surface area contributed by atoms with Crippen molar-refractivity contribution in [1.82, 2.24) is 0 Å². The van der Waals surface area contributed by atoms with Crippen molar-refractivity contribution < 1.29 is 0 Å². The van der Waals surface area contributed by atoms with Gasteiger partial charge in [-0.3, -0.25) is 0 Å². The Labute approximate surface area is 116 Å². The Balaban J connectivity index is 2.06. The highest BCUT2D eigenvalue weighted by Gasteiger charge is 2.05. The largest absolute Gasteiger partial charge is 0.370 e. The van der Waals surface area contributed by atoms with Crippen LogP contribution in [0.5, 0.6) is 0 Å². The van der Waals surface area contributed by atoms with Gasteiger partial charge in [0.15, 0.2) is 0 Å². The van der Waals surface area contributed by atoms with E-state index in [4.69, 9.17) is 0 Å². The van der Waals surface area contributed by atoms with Crippen molar-refractivity contribution >= 4 is 11.8 Å². The molecule has 2 aromatic rings. The average molecular weight is 251 g/mol. The van der Waals surface area contributed by atoms with E-state index in [1.807, 2.05) is 6.07 Å². The summed E-state index contributed by atoms with van der Waals surface area (Å²) in [6.45, 7) is 5.25. The third kappa shape index (κ3) is 3.47. The number of anilines is 1. The number of aryl methyl sites for hydroxylation is 2. The Morgan fingerprint density at radius 3 is 2.16 bits per heavy atom. The fourth-order valence-corrected chi connectivity index (χ4v) is 2.41. The molecule has 0 aliphatic rings. The lowest BCUT2D eigenvalue weighted by Crippen LogP contribution is -2.18. The van der Waals surface area contributed by atoms with Crippen LogP contribution >= 0.6 is 0 Å². The zero-order valence-corrected chi connectivity index (χ0v) is 11.9. The molecular formula is C18H21N. The molecule has 0 unspecified atom stereocenters. The smallest absolute Gasteiger partial charge is 0.0425 e. The Morgan fingerprint density at radius 1 is 0.895 bits per heavy atom. The first-order valence-corrected chi connectivity index (χ1v) is 6.67. The van der Waals surface area contributed by atoms with E-state index in [1.54, 1.807) is 0 Å². The number of para-hydroxylation sites is 1. The van der Waals surface area contributed by atoms with Gasteiger partial charge in [0.05, 0.1) is 0 Å². The SMILES string of the molecule is Cc1cccc(C)c1N(C)C/C=C/c1ccccc1. The number of hydrogen-bond acceptors (Lipinski definition) is 1. The fourth-order valence-electron chi connectivity index (χ4n) is 2.41. The highest BCUT2D eigenvalue weighted by molar-refractivity contribution is 5.59. The van der Waals surface area contributed by atoms with Gasteiger partial charge >= 0.3 is 0 Å². The maximum Gasteiger partial charge on any atom is 0.0425 e. The van der Waals surface area contributed by atoms with Crippen molar-refractivity contribution in [3.05, 3.63) is 71.3 Å². The van der Waals surface area contributed by atoms with Gasteiger partial charge in [-0.05, 0) is 30.5 Å². The van der Waals surface area contributed by atoms with Crippen LogP contribution in [-0.2, 0) is 0 Å². The molecule has 0 aromatic heterocycles. The van der Waals surface area contributed by atoms with Gasteiger partial charge in [0.2, 0.25) is 0 Å². The van der Waals surface area contributed by atoms with Crippen LogP contribution in [0.1, 0.15) is 16.7 Å². The molecule has 0 amide bonds.